The molecule has 0 aromatic heterocycles. The number of nitrogens with two attached hydrogens (primary N) is 1. The van der Waals surface area contributed by atoms with Crippen molar-refractivity contribution in [2.75, 3.05) is 19.6 Å². The van der Waals surface area contributed by atoms with Crippen molar-refractivity contribution in [3.05, 3.63) is 35.4 Å². The van der Waals surface area contributed by atoms with Gasteiger partial charge in [-0.1, -0.05) is 24.3 Å². The molecule has 3 aliphatic rings. The quantitative estimate of drug-likeness (QED) is 0.872. The number of nitrogens with zero attached hydrogens (tertiary/aromatic N) is 1. The molecule has 0 saturated carbocycles. The highest BCUT2D eigenvalue weighted by Crippen LogP contribution is 2.42. The molecule has 3 N–H and O–H groups in total. The van der Waals surface area contributed by atoms with E-state index in [1.54, 1.807) is 0 Å². The molecule has 0 spiro atoms. The van der Waals surface area contributed by atoms with E-state index in [0.717, 1.165) is 5.56 Å². The minimum Gasteiger partial charge on any atom is -0.481 e. The summed E-state index contributed by atoms with van der Waals surface area (Å²) >= 11 is 0. The van der Waals surface area contributed by atoms with Crippen molar-refractivity contribution in [1.29, 1.82) is 0 Å². The largest absolute Gasteiger partial charge is 0.481 e. The van der Waals surface area contributed by atoms with Gasteiger partial charge in [0.05, 0.1) is 0 Å². The first-order chi connectivity index (χ1) is 10.1. The molecule has 1 unspecified atom stereocenters. The lowest BCUT2D eigenvalue weighted by Gasteiger charge is -2.49. The van der Waals surface area contributed by atoms with Crippen LogP contribution in [0.1, 0.15) is 49.3 Å². The Kier molecular flexibility index (Phi) is 4.00. The average Bonchev–Trinajstić information content (AvgIpc) is 2.54. The molecule has 1 aromatic rings. The van der Waals surface area contributed by atoms with Gasteiger partial charge in [-0.25, -0.2) is 0 Å². The van der Waals surface area contributed by atoms with Crippen LogP contribution in [0.15, 0.2) is 24.3 Å². The van der Waals surface area contributed by atoms with E-state index in [1.165, 1.54) is 44.5 Å². The van der Waals surface area contributed by atoms with Crippen LogP contribution in [-0.4, -0.2) is 35.6 Å². The standard InChI is InChI=1S/C17H24N2O2/c18-15(5-6-16(20)21)13-1-3-14(4-2-13)17-7-10-19(11-8-17)12-9-17/h1-4,15H,5-12,18H2,(H,20,21). The molecule has 0 aliphatic carbocycles. The van der Waals surface area contributed by atoms with Crippen LogP contribution < -0.4 is 5.73 Å². The second-order valence-electron chi connectivity index (χ2n) is 6.53. The van der Waals surface area contributed by atoms with E-state index in [0.29, 0.717) is 11.8 Å². The maximum atomic E-state index is 10.6. The third kappa shape index (κ3) is 2.97. The summed E-state index contributed by atoms with van der Waals surface area (Å²) in [5, 5.41) is 8.73. The van der Waals surface area contributed by atoms with Gasteiger partial charge < -0.3 is 15.7 Å². The molecular weight excluding hydrogens is 264 g/mol. The van der Waals surface area contributed by atoms with Gasteiger partial charge >= 0.3 is 5.97 Å². The van der Waals surface area contributed by atoms with Crippen molar-refractivity contribution < 1.29 is 9.90 Å². The average molecular weight is 288 g/mol. The Morgan fingerprint density at radius 1 is 1.19 bits per heavy atom. The number of carboxylic acid groups (broad SMARTS) is 1. The zero-order valence-electron chi connectivity index (χ0n) is 12.4. The Bertz CT molecular complexity index is 490. The number of hydrogen-bond acceptors (Lipinski definition) is 3. The molecule has 4 heteroatoms. The van der Waals surface area contributed by atoms with Crippen LogP contribution in [0.5, 0.6) is 0 Å². The fraction of sp³-hybridized carbons (Fsp3) is 0.588. The van der Waals surface area contributed by atoms with Crippen LogP contribution in [0.4, 0.5) is 0 Å². The minimum absolute atomic E-state index is 0.128. The van der Waals surface area contributed by atoms with Crippen LogP contribution in [0.3, 0.4) is 0 Å². The molecule has 0 amide bonds. The summed E-state index contributed by atoms with van der Waals surface area (Å²) in [6, 6.07) is 8.45. The SMILES string of the molecule is NC(CCC(=O)O)c1ccc(C23CCN(CC2)CC3)cc1. The molecule has 4 nitrogen and oxygen atoms in total. The van der Waals surface area contributed by atoms with Crippen LogP contribution >= 0.6 is 0 Å². The lowest BCUT2D eigenvalue weighted by molar-refractivity contribution is -0.137. The molecule has 3 aliphatic heterocycles. The fourth-order valence-corrected chi connectivity index (χ4v) is 3.79. The third-order valence-electron chi connectivity index (χ3n) is 5.34. The maximum Gasteiger partial charge on any atom is 0.303 e. The van der Waals surface area contributed by atoms with Crippen LogP contribution in [0.2, 0.25) is 0 Å². The van der Waals surface area contributed by atoms with E-state index in [1.807, 2.05) is 0 Å². The van der Waals surface area contributed by atoms with E-state index in [9.17, 15) is 4.79 Å². The maximum absolute atomic E-state index is 10.6. The number of hydrogen-bond donors (Lipinski definition) is 2. The summed E-state index contributed by atoms with van der Waals surface area (Å²) in [5.74, 6) is -0.782. The first-order valence-corrected chi connectivity index (χ1v) is 7.89. The van der Waals surface area contributed by atoms with Gasteiger partial charge in [0.1, 0.15) is 0 Å². The smallest absolute Gasteiger partial charge is 0.303 e. The molecular formula is C17H24N2O2. The molecule has 3 fully saturated rings. The summed E-state index contributed by atoms with van der Waals surface area (Å²) in [5.41, 5.74) is 8.94. The van der Waals surface area contributed by atoms with Gasteiger partial charge in [0.2, 0.25) is 0 Å². The molecule has 4 rings (SSSR count). The topological polar surface area (TPSA) is 66.6 Å². The number of rotatable bonds is 5. The second-order valence-corrected chi connectivity index (χ2v) is 6.53. The Hall–Kier alpha value is -1.39. The highest BCUT2D eigenvalue weighted by molar-refractivity contribution is 5.66. The lowest BCUT2D eigenvalue weighted by atomic mass is 9.67. The number of aliphatic carboxylic acids is 1. The molecule has 21 heavy (non-hydrogen) atoms. The zero-order valence-corrected chi connectivity index (χ0v) is 12.4. The van der Waals surface area contributed by atoms with Crippen molar-refractivity contribution in [1.82, 2.24) is 4.90 Å². The van der Waals surface area contributed by atoms with Crippen molar-refractivity contribution in [3.63, 3.8) is 0 Å². The van der Waals surface area contributed by atoms with Gasteiger partial charge in [-0.15, -0.1) is 0 Å². The highest BCUT2D eigenvalue weighted by Gasteiger charge is 2.40. The van der Waals surface area contributed by atoms with Gasteiger partial charge in [0, 0.05) is 12.5 Å². The summed E-state index contributed by atoms with van der Waals surface area (Å²) in [4.78, 5) is 13.2. The summed E-state index contributed by atoms with van der Waals surface area (Å²) < 4.78 is 0. The van der Waals surface area contributed by atoms with Gasteiger partial charge in [-0.3, -0.25) is 4.79 Å². The predicted octanol–water partition coefficient (Wildman–Crippen LogP) is 2.29. The lowest BCUT2D eigenvalue weighted by Crippen LogP contribution is -2.50. The predicted molar refractivity (Wildman–Crippen MR) is 82.2 cm³/mol. The Morgan fingerprint density at radius 2 is 1.76 bits per heavy atom. The van der Waals surface area contributed by atoms with Crippen molar-refractivity contribution >= 4 is 5.97 Å². The van der Waals surface area contributed by atoms with E-state index in [-0.39, 0.29) is 12.5 Å². The summed E-state index contributed by atoms with van der Waals surface area (Å²) in [7, 11) is 0. The number of carbonyl (C=O) groups is 1. The third-order valence-corrected chi connectivity index (χ3v) is 5.34. The highest BCUT2D eigenvalue weighted by atomic mass is 16.4. The molecule has 3 saturated heterocycles. The van der Waals surface area contributed by atoms with Crippen molar-refractivity contribution in [3.8, 4) is 0 Å². The van der Waals surface area contributed by atoms with Crippen molar-refractivity contribution in [2.24, 2.45) is 5.73 Å². The van der Waals surface area contributed by atoms with Crippen LogP contribution in [0.25, 0.3) is 0 Å². The molecule has 3 heterocycles. The number of carboxylic acids is 1. The van der Waals surface area contributed by atoms with Gasteiger partial charge in [-0.2, -0.15) is 0 Å². The molecule has 1 aromatic carbocycles. The monoisotopic (exact) mass is 288 g/mol. The Balaban J connectivity index is 1.70. The van der Waals surface area contributed by atoms with Crippen LogP contribution in [0, 0.1) is 0 Å². The number of fused-ring (bicyclic) bond motifs is 3. The van der Waals surface area contributed by atoms with Crippen LogP contribution in [-0.2, 0) is 10.2 Å². The van der Waals surface area contributed by atoms with Gasteiger partial charge in [-0.05, 0) is 61.9 Å². The Labute approximate surface area is 125 Å². The Morgan fingerprint density at radius 3 is 2.29 bits per heavy atom. The molecule has 0 radical (unpaired) electrons. The number of piperidine rings is 3. The molecule has 1 atom stereocenters. The molecule has 114 valence electrons. The first kappa shape index (κ1) is 14.5. The van der Waals surface area contributed by atoms with E-state index < -0.39 is 5.97 Å². The van der Waals surface area contributed by atoms with Gasteiger partial charge in [0.25, 0.3) is 0 Å². The summed E-state index contributed by atoms with van der Waals surface area (Å²) in [6.07, 6.45) is 4.41. The number of benzene rings is 1. The first-order valence-electron chi connectivity index (χ1n) is 7.89. The second kappa shape index (κ2) is 5.78. The van der Waals surface area contributed by atoms with E-state index in [2.05, 4.69) is 29.2 Å². The minimum atomic E-state index is -0.782. The van der Waals surface area contributed by atoms with E-state index >= 15 is 0 Å². The van der Waals surface area contributed by atoms with Gasteiger partial charge in [0.15, 0.2) is 0 Å². The van der Waals surface area contributed by atoms with E-state index in [4.69, 9.17) is 10.8 Å². The molecule has 2 bridgehead atoms. The van der Waals surface area contributed by atoms with Crippen molar-refractivity contribution in [2.45, 2.75) is 43.6 Å². The fourth-order valence-electron chi connectivity index (χ4n) is 3.79. The zero-order chi connectivity index (χ0) is 14.9. The normalized spacial score (nSPS) is 29.3. The summed E-state index contributed by atoms with van der Waals surface area (Å²) in [6.45, 7) is 3.67.